The van der Waals surface area contributed by atoms with Gasteiger partial charge in [0.15, 0.2) is 6.29 Å². The lowest BCUT2D eigenvalue weighted by atomic mass is 10.4. The maximum atomic E-state index is 10.6. The van der Waals surface area contributed by atoms with E-state index in [2.05, 4.69) is 4.98 Å². The van der Waals surface area contributed by atoms with Gasteiger partial charge in [0.2, 0.25) is 0 Å². The molecule has 70 valence electrons. The Hall–Kier alpha value is -1.55. The summed E-state index contributed by atoms with van der Waals surface area (Å²) in [5.41, 5.74) is 0.568. The Bertz CT molecular complexity index is 425. The Labute approximate surface area is 85.9 Å². The van der Waals surface area contributed by atoms with Gasteiger partial charge in [-0.25, -0.2) is 4.98 Å². The van der Waals surface area contributed by atoms with Gasteiger partial charge in [0.25, 0.3) is 0 Å². The van der Waals surface area contributed by atoms with Crippen molar-refractivity contribution in [2.24, 2.45) is 0 Å². The molecule has 0 aliphatic rings. The second kappa shape index (κ2) is 4.11. The molecule has 4 heteroatoms. The molecule has 0 unspecified atom stereocenters. The quantitative estimate of drug-likeness (QED) is 0.719. The summed E-state index contributed by atoms with van der Waals surface area (Å²) in [7, 11) is 0. The summed E-state index contributed by atoms with van der Waals surface area (Å²) in [4.78, 5) is 15.6. The number of hydrogen-bond acceptors (Lipinski definition) is 3. The molecule has 0 N–H and O–H groups in total. The zero-order chi connectivity index (χ0) is 9.80. The number of rotatable bonds is 3. The highest BCUT2D eigenvalue weighted by atomic mass is 32.2. The highest BCUT2D eigenvalue weighted by Gasteiger charge is 2.01. The van der Waals surface area contributed by atoms with Crippen LogP contribution < -0.4 is 0 Å². The van der Waals surface area contributed by atoms with Crippen LogP contribution in [0.25, 0.3) is 0 Å². The molecule has 0 radical (unpaired) electrons. The summed E-state index contributed by atoms with van der Waals surface area (Å²) < 4.78 is 1.74. The molecule has 0 amide bonds. The summed E-state index contributed by atoms with van der Waals surface area (Å²) >= 11 is 1.47. The minimum Gasteiger partial charge on any atom is -0.296 e. The standard InChI is InChI=1S/C10H8N2OS/c13-7-9-6-11-8-12(9)14-10-4-2-1-3-5-10/h1-8H. The van der Waals surface area contributed by atoms with E-state index in [9.17, 15) is 4.79 Å². The first-order chi connectivity index (χ1) is 6.90. The number of benzene rings is 1. The predicted octanol–water partition coefficient (Wildman–Crippen LogP) is 2.25. The molecule has 1 heterocycles. The maximum absolute atomic E-state index is 10.6. The van der Waals surface area contributed by atoms with Crippen molar-refractivity contribution in [3.8, 4) is 0 Å². The topological polar surface area (TPSA) is 34.9 Å². The van der Waals surface area contributed by atoms with E-state index in [0.29, 0.717) is 5.69 Å². The lowest BCUT2D eigenvalue weighted by Gasteiger charge is -2.01. The maximum Gasteiger partial charge on any atom is 0.169 e. The van der Waals surface area contributed by atoms with E-state index in [1.54, 1.807) is 16.5 Å². The smallest absolute Gasteiger partial charge is 0.169 e. The van der Waals surface area contributed by atoms with Crippen LogP contribution >= 0.6 is 11.9 Å². The molecular weight excluding hydrogens is 196 g/mol. The molecule has 0 saturated carbocycles. The van der Waals surface area contributed by atoms with Gasteiger partial charge in [-0.1, -0.05) is 18.2 Å². The highest BCUT2D eigenvalue weighted by molar-refractivity contribution is 7.97. The molecule has 0 saturated heterocycles. The SMILES string of the molecule is O=Cc1cncn1Sc1ccccc1. The van der Waals surface area contributed by atoms with Gasteiger partial charge in [-0.3, -0.25) is 8.77 Å². The van der Waals surface area contributed by atoms with Crippen LogP contribution in [0.3, 0.4) is 0 Å². The van der Waals surface area contributed by atoms with Crippen LogP contribution in [0.5, 0.6) is 0 Å². The molecule has 0 atom stereocenters. The number of hydrogen-bond donors (Lipinski definition) is 0. The lowest BCUT2D eigenvalue weighted by Crippen LogP contribution is -1.90. The molecule has 1 aromatic heterocycles. The van der Waals surface area contributed by atoms with Crippen molar-refractivity contribution in [2.75, 3.05) is 0 Å². The third kappa shape index (κ3) is 1.85. The fourth-order valence-corrected chi connectivity index (χ4v) is 1.85. The van der Waals surface area contributed by atoms with E-state index in [0.717, 1.165) is 11.2 Å². The monoisotopic (exact) mass is 204 g/mol. The molecule has 0 fully saturated rings. The van der Waals surface area contributed by atoms with Crippen LogP contribution in [-0.4, -0.2) is 15.2 Å². The number of aldehydes is 1. The van der Waals surface area contributed by atoms with Crippen molar-refractivity contribution in [1.82, 2.24) is 8.96 Å². The first-order valence-electron chi connectivity index (χ1n) is 4.11. The van der Waals surface area contributed by atoms with E-state index in [1.165, 1.54) is 11.9 Å². The molecule has 0 spiro atoms. The number of aromatic nitrogens is 2. The van der Waals surface area contributed by atoms with Gasteiger partial charge in [0, 0.05) is 4.90 Å². The van der Waals surface area contributed by atoms with Crippen molar-refractivity contribution in [3.63, 3.8) is 0 Å². The Morgan fingerprint density at radius 2 is 2.07 bits per heavy atom. The van der Waals surface area contributed by atoms with E-state index in [-0.39, 0.29) is 0 Å². The summed E-state index contributed by atoms with van der Waals surface area (Å²) in [6.45, 7) is 0. The largest absolute Gasteiger partial charge is 0.296 e. The van der Waals surface area contributed by atoms with Gasteiger partial charge < -0.3 is 0 Å². The fourth-order valence-electron chi connectivity index (χ4n) is 1.05. The van der Waals surface area contributed by atoms with Crippen LogP contribution in [0.4, 0.5) is 0 Å². The summed E-state index contributed by atoms with van der Waals surface area (Å²) in [5.74, 6) is 0. The van der Waals surface area contributed by atoms with Gasteiger partial charge >= 0.3 is 0 Å². The Morgan fingerprint density at radius 1 is 1.29 bits per heavy atom. The lowest BCUT2D eigenvalue weighted by molar-refractivity contribution is 0.111. The number of carbonyl (C=O) groups is 1. The Morgan fingerprint density at radius 3 is 2.79 bits per heavy atom. The first kappa shape index (κ1) is 9.02. The van der Waals surface area contributed by atoms with Gasteiger partial charge in [0.05, 0.1) is 6.20 Å². The second-order valence-corrected chi connectivity index (χ2v) is 3.71. The van der Waals surface area contributed by atoms with Crippen LogP contribution in [0.15, 0.2) is 47.8 Å². The first-order valence-corrected chi connectivity index (χ1v) is 4.88. The predicted molar refractivity (Wildman–Crippen MR) is 55.3 cm³/mol. The van der Waals surface area contributed by atoms with Gasteiger partial charge in [0.1, 0.15) is 12.0 Å². The third-order valence-corrected chi connectivity index (χ3v) is 2.69. The molecule has 0 aliphatic heterocycles. The summed E-state index contributed by atoms with van der Waals surface area (Å²) in [6.07, 6.45) is 3.97. The van der Waals surface area contributed by atoms with Crippen molar-refractivity contribution >= 4 is 18.2 Å². The van der Waals surface area contributed by atoms with Crippen LogP contribution in [0.1, 0.15) is 10.5 Å². The normalized spacial score (nSPS) is 10.0. The molecule has 3 nitrogen and oxygen atoms in total. The zero-order valence-corrected chi connectivity index (χ0v) is 8.15. The molecule has 14 heavy (non-hydrogen) atoms. The van der Waals surface area contributed by atoms with E-state index >= 15 is 0 Å². The van der Waals surface area contributed by atoms with Crippen molar-refractivity contribution in [2.45, 2.75) is 4.90 Å². The molecular formula is C10H8N2OS. The van der Waals surface area contributed by atoms with Crippen LogP contribution in [-0.2, 0) is 0 Å². The minimum absolute atomic E-state index is 0.568. The fraction of sp³-hybridized carbons (Fsp3) is 0. The van der Waals surface area contributed by atoms with Gasteiger partial charge in [-0.15, -0.1) is 0 Å². The molecule has 0 aliphatic carbocycles. The van der Waals surface area contributed by atoms with Crippen molar-refractivity contribution in [1.29, 1.82) is 0 Å². The van der Waals surface area contributed by atoms with Crippen molar-refractivity contribution < 1.29 is 4.79 Å². The number of carbonyl (C=O) groups excluding carboxylic acids is 1. The summed E-state index contributed by atoms with van der Waals surface area (Å²) in [6, 6.07) is 9.84. The molecule has 2 rings (SSSR count). The van der Waals surface area contributed by atoms with Crippen molar-refractivity contribution in [3.05, 3.63) is 48.5 Å². The van der Waals surface area contributed by atoms with Gasteiger partial charge in [-0.2, -0.15) is 0 Å². The van der Waals surface area contributed by atoms with E-state index in [1.807, 2.05) is 30.3 Å². The number of nitrogens with zero attached hydrogens (tertiary/aromatic N) is 2. The average Bonchev–Trinajstić information content (AvgIpc) is 2.67. The highest BCUT2D eigenvalue weighted by Crippen LogP contribution is 2.20. The van der Waals surface area contributed by atoms with E-state index in [4.69, 9.17) is 0 Å². The Kier molecular flexibility index (Phi) is 2.65. The third-order valence-electron chi connectivity index (χ3n) is 1.70. The molecule has 1 aromatic carbocycles. The zero-order valence-electron chi connectivity index (χ0n) is 7.33. The molecule has 2 aromatic rings. The second-order valence-electron chi connectivity index (χ2n) is 2.67. The number of imidazole rings is 1. The van der Waals surface area contributed by atoms with Crippen LogP contribution in [0.2, 0.25) is 0 Å². The van der Waals surface area contributed by atoms with Gasteiger partial charge in [-0.05, 0) is 24.1 Å². The van der Waals surface area contributed by atoms with E-state index < -0.39 is 0 Å². The minimum atomic E-state index is 0.568. The Balaban J connectivity index is 2.23. The molecule has 0 bridgehead atoms. The average molecular weight is 204 g/mol. The summed E-state index contributed by atoms with van der Waals surface area (Å²) in [5, 5.41) is 0. The van der Waals surface area contributed by atoms with Crippen LogP contribution in [0, 0.1) is 0 Å².